The Morgan fingerprint density at radius 1 is 1.05 bits per heavy atom. The number of hydrogen-bond donors (Lipinski definition) is 1. The second kappa shape index (κ2) is 7.05. The van der Waals surface area contributed by atoms with Gasteiger partial charge >= 0.3 is 0 Å². The molecule has 1 N–H and O–H groups in total. The van der Waals surface area contributed by atoms with Crippen LogP contribution in [0, 0.1) is 5.82 Å². The van der Waals surface area contributed by atoms with E-state index >= 15 is 0 Å². The van der Waals surface area contributed by atoms with Crippen LogP contribution in [0.3, 0.4) is 0 Å². The van der Waals surface area contributed by atoms with E-state index in [2.05, 4.69) is 40.3 Å². The van der Waals surface area contributed by atoms with Crippen LogP contribution in [0.2, 0.25) is 0 Å². The molecule has 0 saturated carbocycles. The molecule has 2 rings (SSSR count). The van der Waals surface area contributed by atoms with Crippen LogP contribution in [0.4, 0.5) is 4.39 Å². The molecule has 0 amide bonds. The highest BCUT2D eigenvalue weighted by atomic mass is 79.9. The van der Waals surface area contributed by atoms with Crippen molar-refractivity contribution >= 4 is 15.9 Å². The van der Waals surface area contributed by atoms with Crippen molar-refractivity contribution in [2.45, 2.75) is 25.9 Å². The molecule has 0 saturated heterocycles. The van der Waals surface area contributed by atoms with E-state index in [0.717, 1.165) is 4.47 Å². The minimum Gasteiger partial charge on any atom is -0.497 e. The summed E-state index contributed by atoms with van der Waals surface area (Å²) in [6, 6.07) is 13.1. The van der Waals surface area contributed by atoms with Crippen molar-refractivity contribution in [2.75, 3.05) is 7.11 Å². The summed E-state index contributed by atoms with van der Waals surface area (Å²) < 4.78 is 20.1. The number of hydrogen-bond acceptors (Lipinski definition) is 2. The van der Waals surface area contributed by atoms with Gasteiger partial charge in [-0.05, 0) is 37.6 Å². The molecule has 21 heavy (non-hydrogen) atoms. The van der Waals surface area contributed by atoms with Crippen molar-refractivity contribution in [3.05, 3.63) is 63.9 Å². The summed E-state index contributed by atoms with van der Waals surface area (Å²) in [5.74, 6) is 0.279. The Hall–Kier alpha value is -1.39. The van der Waals surface area contributed by atoms with Crippen LogP contribution in [0.5, 0.6) is 5.75 Å². The fourth-order valence-corrected chi connectivity index (χ4v) is 2.56. The molecule has 4 heteroatoms. The third kappa shape index (κ3) is 4.05. The van der Waals surface area contributed by atoms with Crippen LogP contribution in [-0.2, 0) is 0 Å². The number of halogens is 2. The van der Waals surface area contributed by atoms with Gasteiger partial charge in [0, 0.05) is 28.2 Å². The van der Waals surface area contributed by atoms with E-state index in [1.165, 1.54) is 18.7 Å². The summed E-state index contributed by atoms with van der Waals surface area (Å²) in [6.45, 7) is 4.03. The lowest BCUT2D eigenvalue weighted by Crippen LogP contribution is -2.23. The van der Waals surface area contributed by atoms with Gasteiger partial charge in [0.05, 0.1) is 7.11 Å². The van der Waals surface area contributed by atoms with Gasteiger partial charge in [-0.1, -0.05) is 34.1 Å². The molecular weight excluding hydrogens is 333 g/mol. The van der Waals surface area contributed by atoms with Crippen molar-refractivity contribution in [3.8, 4) is 5.75 Å². The number of nitrogens with one attached hydrogen (secondary N) is 1. The standard InChI is InChI=1S/C17H19BrFNO/c1-11(13-4-6-14(18)7-5-13)20-12(2)16-9-8-15(21-3)10-17(16)19/h4-12,20H,1-3H3/t11-,12?/m0/s1. The van der Waals surface area contributed by atoms with Crippen LogP contribution < -0.4 is 10.1 Å². The lowest BCUT2D eigenvalue weighted by molar-refractivity contribution is 0.408. The van der Waals surface area contributed by atoms with Crippen LogP contribution >= 0.6 is 15.9 Å². The number of methoxy groups -OCH3 is 1. The Labute approximate surface area is 133 Å². The molecular formula is C17H19BrFNO. The molecule has 0 radical (unpaired) electrons. The zero-order valence-corrected chi connectivity index (χ0v) is 13.9. The van der Waals surface area contributed by atoms with Crippen molar-refractivity contribution in [3.63, 3.8) is 0 Å². The zero-order chi connectivity index (χ0) is 15.4. The average Bonchev–Trinajstić information content (AvgIpc) is 2.47. The normalized spacial score (nSPS) is 13.8. The summed E-state index contributed by atoms with van der Waals surface area (Å²) in [5.41, 5.74) is 1.80. The Morgan fingerprint density at radius 3 is 2.29 bits per heavy atom. The molecule has 0 bridgehead atoms. The number of ether oxygens (including phenoxy) is 1. The van der Waals surface area contributed by atoms with Crippen molar-refractivity contribution in [1.29, 1.82) is 0 Å². The minimum absolute atomic E-state index is 0.0884. The van der Waals surface area contributed by atoms with Gasteiger partial charge in [0.15, 0.2) is 0 Å². The van der Waals surface area contributed by atoms with E-state index < -0.39 is 0 Å². The highest BCUT2D eigenvalue weighted by molar-refractivity contribution is 9.10. The first-order valence-corrected chi connectivity index (χ1v) is 7.65. The molecule has 0 aliphatic rings. The zero-order valence-electron chi connectivity index (χ0n) is 12.4. The van der Waals surface area contributed by atoms with Gasteiger partial charge in [-0.3, -0.25) is 0 Å². The molecule has 0 spiro atoms. The summed E-state index contributed by atoms with van der Waals surface area (Å²) in [7, 11) is 1.53. The lowest BCUT2D eigenvalue weighted by Gasteiger charge is -2.21. The summed E-state index contributed by atoms with van der Waals surface area (Å²) in [5, 5.41) is 3.41. The Balaban J connectivity index is 2.10. The van der Waals surface area contributed by atoms with Gasteiger partial charge in [-0.25, -0.2) is 4.39 Å². The first kappa shape index (κ1) is 16.0. The van der Waals surface area contributed by atoms with Gasteiger partial charge in [-0.2, -0.15) is 0 Å². The van der Waals surface area contributed by atoms with E-state index in [9.17, 15) is 4.39 Å². The molecule has 1 unspecified atom stereocenters. The second-order valence-corrected chi connectivity index (χ2v) is 5.96. The highest BCUT2D eigenvalue weighted by Crippen LogP contribution is 2.25. The Kier molecular flexibility index (Phi) is 5.37. The predicted octanol–water partition coefficient (Wildman–Crippen LogP) is 5.01. The second-order valence-electron chi connectivity index (χ2n) is 5.05. The first-order chi connectivity index (χ1) is 10.0. The minimum atomic E-state index is -0.252. The maximum atomic E-state index is 14.1. The van der Waals surface area contributed by atoms with Crippen LogP contribution in [0.15, 0.2) is 46.9 Å². The van der Waals surface area contributed by atoms with Crippen LogP contribution in [0.25, 0.3) is 0 Å². The van der Waals surface area contributed by atoms with E-state index in [-0.39, 0.29) is 17.9 Å². The van der Waals surface area contributed by atoms with Crippen molar-refractivity contribution in [1.82, 2.24) is 5.32 Å². The summed E-state index contributed by atoms with van der Waals surface area (Å²) >= 11 is 3.42. The van der Waals surface area contributed by atoms with Crippen LogP contribution in [-0.4, -0.2) is 7.11 Å². The summed E-state index contributed by atoms with van der Waals surface area (Å²) in [4.78, 5) is 0. The van der Waals surface area contributed by atoms with Gasteiger partial charge < -0.3 is 10.1 Å². The van der Waals surface area contributed by atoms with Gasteiger partial charge in [0.1, 0.15) is 11.6 Å². The molecule has 0 fully saturated rings. The topological polar surface area (TPSA) is 21.3 Å². The van der Waals surface area contributed by atoms with Crippen molar-refractivity contribution < 1.29 is 9.13 Å². The Bertz CT molecular complexity index is 600. The highest BCUT2D eigenvalue weighted by Gasteiger charge is 2.15. The molecule has 0 aliphatic heterocycles. The number of benzene rings is 2. The molecule has 112 valence electrons. The molecule has 2 atom stereocenters. The SMILES string of the molecule is COc1ccc(C(C)N[C@@H](C)c2ccc(Br)cc2)c(F)c1. The monoisotopic (exact) mass is 351 g/mol. The lowest BCUT2D eigenvalue weighted by atomic mass is 10.0. The molecule has 0 heterocycles. The van der Waals surface area contributed by atoms with E-state index in [1.807, 2.05) is 19.1 Å². The van der Waals surface area contributed by atoms with E-state index in [1.54, 1.807) is 12.1 Å². The third-order valence-electron chi connectivity index (χ3n) is 3.54. The van der Waals surface area contributed by atoms with Crippen LogP contribution in [0.1, 0.15) is 37.1 Å². The summed E-state index contributed by atoms with van der Waals surface area (Å²) in [6.07, 6.45) is 0. The third-order valence-corrected chi connectivity index (χ3v) is 4.07. The maximum absolute atomic E-state index is 14.1. The number of rotatable bonds is 5. The molecule has 0 aromatic heterocycles. The van der Waals surface area contributed by atoms with E-state index in [0.29, 0.717) is 11.3 Å². The smallest absolute Gasteiger partial charge is 0.131 e. The largest absolute Gasteiger partial charge is 0.497 e. The first-order valence-electron chi connectivity index (χ1n) is 6.86. The van der Waals surface area contributed by atoms with E-state index in [4.69, 9.17) is 4.74 Å². The fourth-order valence-electron chi connectivity index (χ4n) is 2.30. The maximum Gasteiger partial charge on any atom is 0.131 e. The van der Waals surface area contributed by atoms with Gasteiger partial charge in [-0.15, -0.1) is 0 Å². The molecule has 2 aromatic rings. The van der Waals surface area contributed by atoms with Gasteiger partial charge in [0.2, 0.25) is 0 Å². The average molecular weight is 352 g/mol. The van der Waals surface area contributed by atoms with Gasteiger partial charge in [0.25, 0.3) is 0 Å². The molecule has 2 nitrogen and oxygen atoms in total. The fraction of sp³-hybridized carbons (Fsp3) is 0.294. The molecule has 0 aliphatic carbocycles. The predicted molar refractivity (Wildman–Crippen MR) is 87.1 cm³/mol. The molecule has 2 aromatic carbocycles. The van der Waals surface area contributed by atoms with Crippen molar-refractivity contribution in [2.24, 2.45) is 0 Å². The quantitative estimate of drug-likeness (QED) is 0.817. The Morgan fingerprint density at radius 2 is 1.71 bits per heavy atom.